The third kappa shape index (κ3) is 1.67. The number of rotatable bonds is 1. The normalized spacial score (nSPS) is 13.9. The van der Waals surface area contributed by atoms with E-state index in [4.69, 9.17) is 0 Å². The van der Waals surface area contributed by atoms with Crippen LogP contribution in [-0.2, 0) is 6.42 Å². The third-order valence-corrected chi connectivity index (χ3v) is 7.89. The lowest BCUT2D eigenvalue weighted by Gasteiger charge is -2.18. The zero-order valence-corrected chi connectivity index (χ0v) is 13.7. The SMILES string of the molecule is Cc1cc2c(s1)Cc1sc(C)c([Si](C)(C)C)c1-2. The van der Waals surface area contributed by atoms with Crippen LogP contribution in [0.2, 0.25) is 19.6 Å². The second-order valence-corrected chi connectivity index (χ2v) is 13.6. The Bertz CT molecular complexity index is 597. The van der Waals surface area contributed by atoms with E-state index in [9.17, 15) is 0 Å². The van der Waals surface area contributed by atoms with E-state index in [2.05, 4.69) is 39.6 Å². The van der Waals surface area contributed by atoms with Gasteiger partial charge in [0.25, 0.3) is 0 Å². The van der Waals surface area contributed by atoms with Gasteiger partial charge >= 0.3 is 0 Å². The molecule has 90 valence electrons. The molecule has 17 heavy (non-hydrogen) atoms. The Hall–Kier alpha value is -0.383. The van der Waals surface area contributed by atoms with Crippen LogP contribution in [0, 0.1) is 13.8 Å². The summed E-state index contributed by atoms with van der Waals surface area (Å²) in [5, 5.41) is 1.72. The van der Waals surface area contributed by atoms with Crippen LogP contribution in [0.25, 0.3) is 11.1 Å². The summed E-state index contributed by atoms with van der Waals surface area (Å²) in [5.41, 5.74) is 3.19. The number of hydrogen-bond donors (Lipinski definition) is 0. The van der Waals surface area contributed by atoms with Crippen LogP contribution in [0.4, 0.5) is 0 Å². The van der Waals surface area contributed by atoms with Gasteiger partial charge in [-0.1, -0.05) is 19.6 Å². The van der Waals surface area contributed by atoms with Crippen molar-refractivity contribution in [2.75, 3.05) is 0 Å². The fourth-order valence-electron chi connectivity index (χ4n) is 2.97. The first-order valence-corrected chi connectivity index (χ1v) is 11.2. The molecule has 0 bridgehead atoms. The maximum absolute atomic E-state index is 2.47. The lowest BCUT2D eigenvalue weighted by molar-refractivity contribution is 1.38. The summed E-state index contributed by atoms with van der Waals surface area (Å²) in [5.74, 6) is 0. The molecule has 0 saturated carbocycles. The highest BCUT2D eigenvalue weighted by atomic mass is 32.1. The highest BCUT2D eigenvalue weighted by molar-refractivity contribution is 7.16. The monoisotopic (exact) mass is 278 g/mol. The van der Waals surface area contributed by atoms with Gasteiger partial charge in [0, 0.05) is 25.9 Å². The minimum Gasteiger partial charge on any atom is -0.145 e. The van der Waals surface area contributed by atoms with Crippen LogP contribution < -0.4 is 5.19 Å². The molecule has 3 heteroatoms. The standard InChI is InChI=1S/C14H18S2Si/c1-8-6-10-11(15-8)7-12-13(10)14(9(2)16-12)17(3,4)5/h6H,7H2,1-5H3. The summed E-state index contributed by atoms with van der Waals surface area (Å²) < 4.78 is 0. The van der Waals surface area contributed by atoms with Gasteiger partial charge in [0.2, 0.25) is 0 Å². The summed E-state index contributed by atoms with van der Waals surface area (Å²) in [6, 6.07) is 2.40. The van der Waals surface area contributed by atoms with Crippen molar-refractivity contribution in [3.63, 3.8) is 0 Å². The predicted octanol–water partition coefficient (Wildman–Crippen LogP) is 4.54. The van der Waals surface area contributed by atoms with Gasteiger partial charge in [-0.05, 0) is 36.2 Å². The molecule has 0 atom stereocenters. The minimum atomic E-state index is -1.23. The first kappa shape index (κ1) is 11.7. The molecule has 2 heterocycles. The van der Waals surface area contributed by atoms with Crippen LogP contribution in [0.1, 0.15) is 19.5 Å². The third-order valence-electron chi connectivity index (χ3n) is 3.43. The average Bonchev–Trinajstić information content (AvgIpc) is 2.71. The molecule has 0 spiro atoms. The molecular weight excluding hydrogens is 260 g/mol. The number of aryl methyl sites for hydroxylation is 2. The summed E-state index contributed by atoms with van der Waals surface area (Å²) in [6.45, 7) is 12.0. The van der Waals surface area contributed by atoms with Gasteiger partial charge in [-0.25, -0.2) is 0 Å². The van der Waals surface area contributed by atoms with E-state index in [1.165, 1.54) is 11.3 Å². The van der Waals surface area contributed by atoms with Crippen LogP contribution in [0.15, 0.2) is 6.07 Å². The number of fused-ring (bicyclic) bond motifs is 3. The van der Waals surface area contributed by atoms with Gasteiger partial charge in [-0.3, -0.25) is 0 Å². The molecule has 0 unspecified atom stereocenters. The van der Waals surface area contributed by atoms with Crippen molar-refractivity contribution in [1.82, 2.24) is 0 Å². The fourth-order valence-corrected chi connectivity index (χ4v) is 8.47. The summed E-state index contributed by atoms with van der Waals surface area (Å²) in [6.07, 6.45) is 1.19. The van der Waals surface area contributed by atoms with Gasteiger partial charge in [-0.2, -0.15) is 0 Å². The molecule has 0 saturated heterocycles. The Morgan fingerprint density at radius 2 is 1.76 bits per heavy atom. The van der Waals surface area contributed by atoms with E-state index in [-0.39, 0.29) is 0 Å². The molecule has 0 N–H and O–H groups in total. The fraction of sp³-hybridized carbons (Fsp3) is 0.429. The van der Waals surface area contributed by atoms with E-state index in [1.807, 2.05) is 22.7 Å². The Labute approximate surface area is 112 Å². The van der Waals surface area contributed by atoms with Crippen molar-refractivity contribution in [2.45, 2.75) is 39.9 Å². The Morgan fingerprint density at radius 3 is 2.41 bits per heavy atom. The van der Waals surface area contributed by atoms with Gasteiger partial charge in [0.15, 0.2) is 0 Å². The molecule has 0 aromatic carbocycles. The highest BCUT2D eigenvalue weighted by Crippen LogP contribution is 2.45. The zero-order valence-electron chi connectivity index (χ0n) is 11.1. The van der Waals surface area contributed by atoms with E-state index in [1.54, 1.807) is 30.9 Å². The summed E-state index contributed by atoms with van der Waals surface area (Å²) in [4.78, 5) is 6.26. The van der Waals surface area contributed by atoms with E-state index >= 15 is 0 Å². The highest BCUT2D eigenvalue weighted by Gasteiger charge is 2.32. The van der Waals surface area contributed by atoms with Crippen molar-refractivity contribution >= 4 is 35.9 Å². The molecule has 3 rings (SSSR count). The Morgan fingerprint density at radius 1 is 1.06 bits per heavy atom. The number of hydrogen-bond acceptors (Lipinski definition) is 2. The molecule has 1 aliphatic carbocycles. The lowest BCUT2D eigenvalue weighted by atomic mass is 10.2. The number of thiophene rings is 2. The van der Waals surface area contributed by atoms with Crippen molar-refractivity contribution < 1.29 is 0 Å². The second-order valence-electron chi connectivity index (χ2n) is 5.95. The molecule has 0 fully saturated rings. The topological polar surface area (TPSA) is 0 Å². The molecule has 2 aromatic rings. The predicted molar refractivity (Wildman–Crippen MR) is 82.9 cm³/mol. The first-order chi connectivity index (χ1) is 7.88. The van der Waals surface area contributed by atoms with E-state index < -0.39 is 8.07 Å². The van der Waals surface area contributed by atoms with Crippen LogP contribution in [0.3, 0.4) is 0 Å². The van der Waals surface area contributed by atoms with Gasteiger partial charge in [0.05, 0.1) is 8.07 Å². The molecule has 0 radical (unpaired) electrons. The molecule has 0 aliphatic heterocycles. The minimum absolute atomic E-state index is 1.19. The Balaban J connectivity index is 2.30. The molecule has 0 nitrogen and oxygen atoms in total. The van der Waals surface area contributed by atoms with Crippen LogP contribution in [0.5, 0.6) is 0 Å². The van der Waals surface area contributed by atoms with Gasteiger partial charge in [-0.15, -0.1) is 22.7 Å². The molecule has 2 aromatic heterocycles. The lowest BCUT2D eigenvalue weighted by Crippen LogP contribution is -2.39. The molecule has 1 aliphatic rings. The smallest absolute Gasteiger partial charge is 0.0798 e. The van der Waals surface area contributed by atoms with Gasteiger partial charge < -0.3 is 0 Å². The molecule has 0 amide bonds. The van der Waals surface area contributed by atoms with Crippen molar-refractivity contribution in [2.24, 2.45) is 0 Å². The quantitative estimate of drug-likeness (QED) is 0.573. The largest absolute Gasteiger partial charge is 0.145 e. The second kappa shape index (κ2) is 3.56. The first-order valence-electron chi connectivity index (χ1n) is 6.10. The van der Waals surface area contributed by atoms with Crippen molar-refractivity contribution in [3.05, 3.63) is 25.6 Å². The Kier molecular flexibility index (Phi) is 2.45. The maximum Gasteiger partial charge on any atom is 0.0798 e. The van der Waals surface area contributed by atoms with Crippen LogP contribution in [-0.4, -0.2) is 8.07 Å². The van der Waals surface area contributed by atoms with E-state index in [0.29, 0.717) is 0 Å². The van der Waals surface area contributed by atoms with Gasteiger partial charge in [0.1, 0.15) is 0 Å². The average molecular weight is 279 g/mol. The van der Waals surface area contributed by atoms with E-state index in [0.717, 1.165) is 0 Å². The van der Waals surface area contributed by atoms with Crippen LogP contribution >= 0.6 is 22.7 Å². The molecular formula is C14H18S2Si. The van der Waals surface area contributed by atoms with Crippen molar-refractivity contribution in [1.29, 1.82) is 0 Å². The summed E-state index contributed by atoms with van der Waals surface area (Å²) in [7, 11) is -1.23. The maximum atomic E-state index is 2.47. The summed E-state index contributed by atoms with van der Waals surface area (Å²) >= 11 is 4.02. The van der Waals surface area contributed by atoms with Crippen molar-refractivity contribution in [3.8, 4) is 11.1 Å². The zero-order chi connectivity index (χ0) is 12.4.